The topological polar surface area (TPSA) is 84.2 Å². The van der Waals surface area contributed by atoms with Crippen LogP contribution in [0.15, 0.2) is 18.2 Å². The Hall–Kier alpha value is -2.32. The minimum atomic E-state index is -0.296. The number of hydrogen-bond donors (Lipinski definition) is 3. The van der Waals surface area contributed by atoms with Gasteiger partial charge in [-0.1, -0.05) is 17.9 Å². The largest absolute Gasteiger partial charge is 0.347 e. The molecule has 0 fully saturated rings. The SMILES string of the molecule is CC(=O)NCC(=O)Nc1ccc(C)cc1C#CCN. The summed E-state index contributed by atoms with van der Waals surface area (Å²) in [5, 5.41) is 5.14. The summed E-state index contributed by atoms with van der Waals surface area (Å²) >= 11 is 0. The maximum absolute atomic E-state index is 11.6. The van der Waals surface area contributed by atoms with Crippen LogP contribution in [0.3, 0.4) is 0 Å². The van der Waals surface area contributed by atoms with E-state index < -0.39 is 0 Å². The Balaban J connectivity index is 2.82. The first-order valence-corrected chi connectivity index (χ1v) is 5.87. The Morgan fingerprint density at radius 1 is 1.37 bits per heavy atom. The molecular formula is C14H17N3O2. The second-order valence-corrected chi connectivity index (χ2v) is 4.01. The number of carbonyl (C=O) groups is 2. The van der Waals surface area contributed by atoms with Crippen molar-refractivity contribution in [3.05, 3.63) is 29.3 Å². The van der Waals surface area contributed by atoms with Crippen molar-refractivity contribution in [2.75, 3.05) is 18.4 Å². The van der Waals surface area contributed by atoms with Crippen molar-refractivity contribution < 1.29 is 9.59 Å². The van der Waals surface area contributed by atoms with Gasteiger partial charge in [-0.05, 0) is 24.6 Å². The molecule has 0 aliphatic rings. The number of carbonyl (C=O) groups excluding carboxylic acids is 2. The van der Waals surface area contributed by atoms with E-state index in [2.05, 4.69) is 22.5 Å². The van der Waals surface area contributed by atoms with Gasteiger partial charge in [0.15, 0.2) is 0 Å². The van der Waals surface area contributed by atoms with Gasteiger partial charge in [-0.3, -0.25) is 9.59 Å². The third-order valence-corrected chi connectivity index (χ3v) is 2.27. The molecule has 0 heterocycles. The van der Waals surface area contributed by atoms with Crippen LogP contribution in [0.5, 0.6) is 0 Å². The predicted octanol–water partition coefficient (Wildman–Crippen LogP) is 0.380. The van der Waals surface area contributed by atoms with E-state index in [9.17, 15) is 9.59 Å². The van der Waals surface area contributed by atoms with Gasteiger partial charge in [-0.25, -0.2) is 0 Å². The smallest absolute Gasteiger partial charge is 0.243 e. The van der Waals surface area contributed by atoms with Crippen LogP contribution in [-0.4, -0.2) is 24.9 Å². The van der Waals surface area contributed by atoms with Gasteiger partial charge >= 0.3 is 0 Å². The van der Waals surface area contributed by atoms with Crippen molar-refractivity contribution in [2.45, 2.75) is 13.8 Å². The highest BCUT2D eigenvalue weighted by Crippen LogP contribution is 2.16. The van der Waals surface area contributed by atoms with Gasteiger partial charge in [0.25, 0.3) is 0 Å². The summed E-state index contributed by atoms with van der Waals surface area (Å²) in [6, 6.07) is 5.53. The Morgan fingerprint density at radius 2 is 2.11 bits per heavy atom. The molecule has 0 aliphatic heterocycles. The van der Waals surface area contributed by atoms with E-state index in [0.29, 0.717) is 11.3 Å². The fraction of sp³-hybridized carbons (Fsp3) is 0.286. The van der Waals surface area contributed by atoms with E-state index in [1.54, 1.807) is 6.07 Å². The minimum absolute atomic E-state index is 0.0625. The predicted molar refractivity (Wildman–Crippen MR) is 74.4 cm³/mol. The number of benzene rings is 1. The number of nitrogens with two attached hydrogens (primary N) is 1. The van der Waals surface area contributed by atoms with Crippen LogP contribution in [0.1, 0.15) is 18.1 Å². The fourth-order valence-electron chi connectivity index (χ4n) is 1.42. The Labute approximate surface area is 112 Å². The summed E-state index contributed by atoms with van der Waals surface area (Å²) in [6.07, 6.45) is 0. The van der Waals surface area contributed by atoms with Gasteiger partial charge in [0, 0.05) is 12.5 Å². The summed E-state index contributed by atoms with van der Waals surface area (Å²) < 4.78 is 0. The molecule has 100 valence electrons. The summed E-state index contributed by atoms with van der Waals surface area (Å²) in [6.45, 7) is 3.49. The summed E-state index contributed by atoms with van der Waals surface area (Å²) in [5.74, 6) is 5.11. The van der Waals surface area contributed by atoms with Crippen LogP contribution < -0.4 is 16.4 Å². The van der Waals surface area contributed by atoms with Crippen molar-refractivity contribution >= 4 is 17.5 Å². The second kappa shape index (κ2) is 7.19. The Morgan fingerprint density at radius 3 is 2.74 bits per heavy atom. The summed E-state index contributed by atoms with van der Waals surface area (Å²) in [4.78, 5) is 22.4. The van der Waals surface area contributed by atoms with E-state index >= 15 is 0 Å². The van der Waals surface area contributed by atoms with Gasteiger partial charge < -0.3 is 16.4 Å². The van der Waals surface area contributed by atoms with Crippen LogP contribution in [0.2, 0.25) is 0 Å². The van der Waals surface area contributed by atoms with E-state index in [1.165, 1.54) is 6.92 Å². The van der Waals surface area contributed by atoms with Crippen LogP contribution >= 0.6 is 0 Å². The van der Waals surface area contributed by atoms with E-state index in [1.807, 2.05) is 19.1 Å². The minimum Gasteiger partial charge on any atom is -0.347 e. The zero-order valence-corrected chi connectivity index (χ0v) is 11.0. The maximum Gasteiger partial charge on any atom is 0.243 e. The lowest BCUT2D eigenvalue weighted by Gasteiger charge is -2.08. The van der Waals surface area contributed by atoms with Gasteiger partial charge in [-0.2, -0.15) is 0 Å². The lowest BCUT2D eigenvalue weighted by molar-refractivity contribution is -0.122. The normalized spacial score (nSPS) is 9.21. The highest BCUT2D eigenvalue weighted by molar-refractivity contribution is 5.95. The van der Waals surface area contributed by atoms with Crippen LogP contribution in [0.25, 0.3) is 0 Å². The zero-order chi connectivity index (χ0) is 14.3. The molecule has 4 N–H and O–H groups in total. The van der Waals surface area contributed by atoms with E-state index in [4.69, 9.17) is 5.73 Å². The van der Waals surface area contributed by atoms with E-state index in [0.717, 1.165) is 5.56 Å². The number of hydrogen-bond acceptors (Lipinski definition) is 3. The number of amides is 2. The van der Waals surface area contributed by atoms with Crippen LogP contribution in [-0.2, 0) is 9.59 Å². The third-order valence-electron chi connectivity index (χ3n) is 2.27. The van der Waals surface area contributed by atoms with Crippen molar-refractivity contribution in [1.29, 1.82) is 0 Å². The van der Waals surface area contributed by atoms with Gasteiger partial charge in [0.05, 0.1) is 18.8 Å². The maximum atomic E-state index is 11.6. The average molecular weight is 259 g/mol. The molecule has 0 unspecified atom stereocenters. The zero-order valence-electron chi connectivity index (χ0n) is 11.0. The third kappa shape index (κ3) is 5.23. The fourth-order valence-corrected chi connectivity index (χ4v) is 1.42. The number of aryl methyl sites for hydroxylation is 1. The molecule has 0 saturated carbocycles. The van der Waals surface area contributed by atoms with Crippen molar-refractivity contribution in [2.24, 2.45) is 5.73 Å². The molecule has 0 spiro atoms. The summed E-state index contributed by atoms with van der Waals surface area (Å²) in [5.41, 5.74) is 7.70. The number of nitrogens with one attached hydrogen (secondary N) is 2. The highest BCUT2D eigenvalue weighted by Gasteiger charge is 2.06. The number of rotatable bonds is 3. The van der Waals surface area contributed by atoms with E-state index in [-0.39, 0.29) is 24.9 Å². The van der Waals surface area contributed by atoms with Crippen molar-refractivity contribution in [3.8, 4) is 11.8 Å². The molecule has 0 aromatic heterocycles. The second-order valence-electron chi connectivity index (χ2n) is 4.01. The first-order valence-electron chi connectivity index (χ1n) is 5.87. The quantitative estimate of drug-likeness (QED) is 0.686. The lowest BCUT2D eigenvalue weighted by atomic mass is 10.1. The van der Waals surface area contributed by atoms with Gasteiger partial charge in [-0.15, -0.1) is 0 Å². The molecule has 5 nitrogen and oxygen atoms in total. The molecule has 19 heavy (non-hydrogen) atoms. The van der Waals surface area contributed by atoms with Gasteiger partial charge in [0.1, 0.15) is 0 Å². The molecule has 2 amide bonds. The first-order chi connectivity index (χ1) is 9.02. The number of anilines is 1. The molecule has 0 radical (unpaired) electrons. The Kier molecular flexibility index (Phi) is 5.58. The van der Waals surface area contributed by atoms with Crippen LogP contribution in [0, 0.1) is 18.8 Å². The molecule has 0 saturated heterocycles. The average Bonchev–Trinajstić information content (AvgIpc) is 2.36. The standard InChI is InChI=1S/C14H17N3O2/c1-10-5-6-13(12(8-10)4-3-7-15)17-14(19)9-16-11(2)18/h5-6,8H,7,9,15H2,1-2H3,(H,16,18)(H,17,19). The lowest BCUT2D eigenvalue weighted by Crippen LogP contribution is -2.31. The molecule has 5 heteroatoms. The first kappa shape index (κ1) is 14.7. The summed E-state index contributed by atoms with van der Waals surface area (Å²) in [7, 11) is 0. The highest BCUT2D eigenvalue weighted by atomic mass is 16.2. The molecule has 1 aromatic rings. The molecule has 1 aromatic carbocycles. The molecule has 0 bridgehead atoms. The molecule has 0 atom stereocenters. The monoisotopic (exact) mass is 259 g/mol. The van der Waals surface area contributed by atoms with Crippen molar-refractivity contribution in [1.82, 2.24) is 5.32 Å². The van der Waals surface area contributed by atoms with Gasteiger partial charge in [0.2, 0.25) is 11.8 Å². The van der Waals surface area contributed by atoms with Crippen molar-refractivity contribution in [3.63, 3.8) is 0 Å². The molecule has 0 aliphatic carbocycles. The van der Waals surface area contributed by atoms with Crippen LogP contribution in [0.4, 0.5) is 5.69 Å². The molecular weight excluding hydrogens is 242 g/mol. The molecule has 1 rings (SSSR count). The Bertz CT molecular complexity index is 541.